The standard InChI is InChI=1S/C21H29N3O4/c25-19-14-16(21(28)22-11-3-1-2-6-20(26)27)15-24(19)18-9-7-17(8-10-18)23-12-4-5-13-23/h7-10,16H,1-6,11-15H2,(H,22,28)(H,26,27). The van der Waals surface area contributed by atoms with E-state index < -0.39 is 5.97 Å². The second-order valence-electron chi connectivity index (χ2n) is 7.61. The highest BCUT2D eigenvalue weighted by Crippen LogP contribution is 2.28. The Morgan fingerprint density at radius 1 is 1.04 bits per heavy atom. The quantitative estimate of drug-likeness (QED) is 0.635. The lowest BCUT2D eigenvalue weighted by Crippen LogP contribution is -2.33. The molecule has 2 amide bonds. The highest BCUT2D eigenvalue weighted by molar-refractivity contribution is 6.00. The molecule has 1 aromatic carbocycles. The van der Waals surface area contributed by atoms with Gasteiger partial charge in [0.2, 0.25) is 11.8 Å². The summed E-state index contributed by atoms with van der Waals surface area (Å²) in [5, 5.41) is 11.5. The first-order valence-electron chi connectivity index (χ1n) is 10.2. The molecule has 28 heavy (non-hydrogen) atoms. The van der Waals surface area contributed by atoms with Gasteiger partial charge in [-0.05, 0) is 49.9 Å². The van der Waals surface area contributed by atoms with Crippen molar-refractivity contribution < 1.29 is 19.5 Å². The highest BCUT2D eigenvalue weighted by Gasteiger charge is 2.35. The fraction of sp³-hybridized carbons (Fsp3) is 0.571. The number of anilines is 2. The van der Waals surface area contributed by atoms with Crippen LogP contribution in [-0.4, -0.2) is 49.1 Å². The molecule has 2 saturated heterocycles. The van der Waals surface area contributed by atoms with Crippen molar-refractivity contribution >= 4 is 29.2 Å². The van der Waals surface area contributed by atoms with Crippen LogP contribution in [0, 0.1) is 5.92 Å². The molecule has 152 valence electrons. The molecule has 0 aromatic heterocycles. The van der Waals surface area contributed by atoms with E-state index in [0.29, 0.717) is 19.5 Å². The molecule has 2 N–H and O–H groups in total. The summed E-state index contributed by atoms with van der Waals surface area (Å²) >= 11 is 0. The first-order chi connectivity index (χ1) is 13.5. The molecule has 0 radical (unpaired) electrons. The third kappa shape index (κ3) is 5.24. The van der Waals surface area contributed by atoms with E-state index in [4.69, 9.17) is 5.11 Å². The van der Waals surface area contributed by atoms with Crippen molar-refractivity contribution in [3.63, 3.8) is 0 Å². The van der Waals surface area contributed by atoms with Gasteiger partial charge in [0, 0.05) is 50.4 Å². The van der Waals surface area contributed by atoms with Crippen LogP contribution in [0.2, 0.25) is 0 Å². The van der Waals surface area contributed by atoms with Gasteiger partial charge < -0.3 is 20.2 Å². The molecule has 7 heteroatoms. The second-order valence-corrected chi connectivity index (χ2v) is 7.61. The molecule has 0 bridgehead atoms. The number of aliphatic carboxylic acids is 1. The normalized spacial score (nSPS) is 19.3. The van der Waals surface area contributed by atoms with Crippen LogP contribution in [-0.2, 0) is 14.4 Å². The van der Waals surface area contributed by atoms with Crippen molar-refractivity contribution in [2.45, 2.75) is 44.9 Å². The minimum atomic E-state index is -0.790. The third-order valence-electron chi connectivity index (χ3n) is 5.50. The summed E-state index contributed by atoms with van der Waals surface area (Å²) in [6.45, 7) is 3.10. The summed E-state index contributed by atoms with van der Waals surface area (Å²) in [5.74, 6) is -1.23. The van der Waals surface area contributed by atoms with Crippen molar-refractivity contribution in [2.75, 3.05) is 36.0 Å². The van der Waals surface area contributed by atoms with E-state index in [-0.39, 0.29) is 30.6 Å². The average Bonchev–Trinajstić information content (AvgIpc) is 3.34. The van der Waals surface area contributed by atoms with Gasteiger partial charge >= 0.3 is 5.97 Å². The number of carboxylic acid groups (broad SMARTS) is 1. The Labute approximate surface area is 165 Å². The van der Waals surface area contributed by atoms with E-state index in [0.717, 1.165) is 31.6 Å². The lowest BCUT2D eigenvalue weighted by molar-refractivity contribution is -0.137. The number of carboxylic acids is 1. The van der Waals surface area contributed by atoms with Gasteiger partial charge in [0.05, 0.1) is 5.92 Å². The molecule has 1 aromatic rings. The first kappa shape index (κ1) is 20.2. The Morgan fingerprint density at radius 3 is 2.39 bits per heavy atom. The fourth-order valence-corrected chi connectivity index (χ4v) is 3.89. The van der Waals surface area contributed by atoms with Crippen LogP contribution in [0.25, 0.3) is 0 Å². The van der Waals surface area contributed by atoms with Gasteiger partial charge in [-0.2, -0.15) is 0 Å². The van der Waals surface area contributed by atoms with Crippen LogP contribution in [0.1, 0.15) is 44.9 Å². The molecule has 2 aliphatic rings. The number of rotatable bonds is 9. The molecule has 7 nitrogen and oxygen atoms in total. The second kappa shape index (κ2) is 9.57. The zero-order chi connectivity index (χ0) is 19.9. The fourth-order valence-electron chi connectivity index (χ4n) is 3.89. The Kier molecular flexibility index (Phi) is 6.90. The Bertz CT molecular complexity index is 698. The molecular formula is C21H29N3O4. The molecule has 2 fully saturated rings. The van der Waals surface area contributed by atoms with E-state index >= 15 is 0 Å². The van der Waals surface area contributed by atoms with Crippen molar-refractivity contribution in [3.8, 4) is 0 Å². The smallest absolute Gasteiger partial charge is 0.303 e. The summed E-state index contributed by atoms with van der Waals surface area (Å²) in [6, 6.07) is 8.04. The molecule has 0 aliphatic carbocycles. The van der Waals surface area contributed by atoms with Gasteiger partial charge in [0.15, 0.2) is 0 Å². The van der Waals surface area contributed by atoms with E-state index in [1.807, 2.05) is 12.1 Å². The van der Waals surface area contributed by atoms with E-state index in [1.165, 1.54) is 18.5 Å². The minimum absolute atomic E-state index is 0.0180. The summed E-state index contributed by atoms with van der Waals surface area (Å²) in [7, 11) is 0. The van der Waals surface area contributed by atoms with E-state index in [1.54, 1.807) is 4.90 Å². The van der Waals surface area contributed by atoms with Gasteiger partial charge in [-0.15, -0.1) is 0 Å². The van der Waals surface area contributed by atoms with Gasteiger partial charge in [0.25, 0.3) is 0 Å². The maximum atomic E-state index is 12.4. The third-order valence-corrected chi connectivity index (χ3v) is 5.50. The Morgan fingerprint density at radius 2 is 1.71 bits per heavy atom. The molecule has 0 spiro atoms. The summed E-state index contributed by atoms with van der Waals surface area (Å²) in [4.78, 5) is 39.3. The number of benzene rings is 1. The molecule has 1 unspecified atom stereocenters. The number of hydrogen-bond donors (Lipinski definition) is 2. The van der Waals surface area contributed by atoms with E-state index in [9.17, 15) is 14.4 Å². The summed E-state index contributed by atoms with van der Waals surface area (Å²) in [6.07, 6.45) is 4.99. The largest absolute Gasteiger partial charge is 0.481 e. The van der Waals surface area contributed by atoms with Gasteiger partial charge in [-0.25, -0.2) is 0 Å². The predicted octanol–water partition coefficient (Wildman–Crippen LogP) is 2.40. The number of unbranched alkanes of at least 4 members (excludes halogenated alkanes) is 2. The molecule has 2 heterocycles. The molecule has 1 atom stereocenters. The van der Waals surface area contributed by atoms with Crippen LogP contribution < -0.4 is 15.1 Å². The topological polar surface area (TPSA) is 89.9 Å². The monoisotopic (exact) mass is 387 g/mol. The number of carbonyl (C=O) groups excluding carboxylic acids is 2. The van der Waals surface area contributed by atoms with Gasteiger partial charge in [0.1, 0.15) is 0 Å². The van der Waals surface area contributed by atoms with Gasteiger partial charge in [-0.3, -0.25) is 14.4 Å². The SMILES string of the molecule is O=C(O)CCCCCNC(=O)C1CC(=O)N(c2ccc(N3CCCC3)cc2)C1. The van der Waals surface area contributed by atoms with Crippen LogP contribution in [0.5, 0.6) is 0 Å². The van der Waals surface area contributed by atoms with Crippen molar-refractivity contribution in [1.29, 1.82) is 0 Å². The maximum Gasteiger partial charge on any atom is 0.303 e. The number of nitrogens with zero attached hydrogens (tertiary/aromatic N) is 2. The Hall–Kier alpha value is -2.57. The number of amides is 2. The van der Waals surface area contributed by atoms with Crippen molar-refractivity contribution in [1.82, 2.24) is 5.32 Å². The lowest BCUT2D eigenvalue weighted by Gasteiger charge is -2.20. The summed E-state index contributed by atoms with van der Waals surface area (Å²) in [5.41, 5.74) is 2.03. The predicted molar refractivity (Wildman–Crippen MR) is 107 cm³/mol. The Balaban J connectivity index is 1.45. The van der Waals surface area contributed by atoms with E-state index in [2.05, 4.69) is 22.3 Å². The zero-order valence-electron chi connectivity index (χ0n) is 16.2. The number of hydrogen-bond acceptors (Lipinski definition) is 4. The maximum absolute atomic E-state index is 12.4. The summed E-state index contributed by atoms with van der Waals surface area (Å²) < 4.78 is 0. The number of nitrogens with one attached hydrogen (secondary N) is 1. The van der Waals surface area contributed by atoms with Crippen molar-refractivity contribution in [2.24, 2.45) is 5.92 Å². The number of carbonyl (C=O) groups is 3. The minimum Gasteiger partial charge on any atom is -0.481 e. The molecule has 3 rings (SSSR count). The molecular weight excluding hydrogens is 358 g/mol. The average molecular weight is 387 g/mol. The van der Waals surface area contributed by atoms with Crippen LogP contribution in [0.4, 0.5) is 11.4 Å². The highest BCUT2D eigenvalue weighted by atomic mass is 16.4. The zero-order valence-corrected chi connectivity index (χ0v) is 16.2. The van der Waals surface area contributed by atoms with Gasteiger partial charge in [-0.1, -0.05) is 6.42 Å². The van der Waals surface area contributed by atoms with Crippen molar-refractivity contribution in [3.05, 3.63) is 24.3 Å². The van der Waals surface area contributed by atoms with Crippen LogP contribution in [0.3, 0.4) is 0 Å². The van der Waals surface area contributed by atoms with Crippen LogP contribution >= 0.6 is 0 Å². The molecule has 2 aliphatic heterocycles. The van der Waals surface area contributed by atoms with Crippen LogP contribution in [0.15, 0.2) is 24.3 Å². The molecule has 0 saturated carbocycles. The first-order valence-corrected chi connectivity index (χ1v) is 10.2. The lowest BCUT2D eigenvalue weighted by atomic mass is 10.1.